The Labute approximate surface area is 99.8 Å². The molecule has 1 aromatic rings. The zero-order valence-electron chi connectivity index (χ0n) is 9.19. The molecular formula is C11H14ClN3O. The molecule has 1 aliphatic heterocycles. The first-order chi connectivity index (χ1) is 7.79. The minimum absolute atomic E-state index is 0.556. The van der Waals surface area contributed by atoms with Crippen molar-refractivity contribution in [3.8, 4) is 5.75 Å². The van der Waals surface area contributed by atoms with E-state index in [2.05, 4.69) is 10.3 Å². The molecule has 0 atom stereocenters. The van der Waals surface area contributed by atoms with Crippen molar-refractivity contribution in [3.63, 3.8) is 0 Å². The smallest absolute Gasteiger partial charge is 0.137 e. The van der Waals surface area contributed by atoms with Crippen LogP contribution in [0.5, 0.6) is 5.75 Å². The van der Waals surface area contributed by atoms with Crippen LogP contribution in [0, 0.1) is 0 Å². The average molecular weight is 240 g/mol. The van der Waals surface area contributed by atoms with Gasteiger partial charge in [-0.15, -0.1) is 5.11 Å². The van der Waals surface area contributed by atoms with Gasteiger partial charge in [0.25, 0.3) is 0 Å². The number of nitrogens with zero attached hydrogens (tertiary/aromatic N) is 3. The molecule has 0 bridgehead atoms. The zero-order chi connectivity index (χ0) is 11.4. The summed E-state index contributed by atoms with van der Waals surface area (Å²) in [7, 11) is 1.59. The van der Waals surface area contributed by atoms with Crippen molar-refractivity contribution in [2.75, 3.05) is 20.2 Å². The Bertz CT molecular complexity index is 389. The van der Waals surface area contributed by atoms with Crippen molar-refractivity contribution in [3.05, 3.63) is 23.2 Å². The fourth-order valence-corrected chi connectivity index (χ4v) is 1.87. The number of hydrogen-bond acceptors (Lipinski definition) is 3. The molecule has 0 aliphatic carbocycles. The molecule has 16 heavy (non-hydrogen) atoms. The van der Waals surface area contributed by atoms with Crippen LogP contribution in [-0.2, 0) is 0 Å². The van der Waals surface area contributed by atoms with E-state index in [1.165, 1.54) is 12.8 Å². The van der Waals surface area contributed by atoms with E-state index in [4.69, 9.17) is 16.3 Å². The van der Waals surface area contributed by atoms with E-state index >= 15 is 0 Å². The van der Waals surface area contributed by atoms with Gasteiger partial charge in [0.15, 0.2) is 0 Å². The van der Waals surface area contributed by atoms with Gasteiger partial charge in [-0.3, -0.25) is 5.01 Å². The summed E-state index contributed by atoms with van der Waals surface area (Å²) in [6.45, 7) is 1.99. The fourth-order valence-electron chi connectivity index (χ4n) is 1.62. The van der Waals surface area contributed by atoms with Gasteiger partial charge in [-0.1, -0.05) is 16.8 Å². The Morgan fingerprint density at radius 3 is 2.69 bits per heavy atom. The molecule has 0 amide bonds. The molecule has 0 aromatic heterocycles. The highest BCUT2D eigenvalue weighted by Crippen LogP contribution is 2.28. The average Bonchev–Trinajstić information content (AvgIpc) is 2.79. The first kappa shape index (κ1) is 11.2. The van der Waals surface area contributed by atoms with Gasteiger partial charge >= 0.3 is 0 Å². The molecule has 1 aromatic carbocycles. The second-order valence-corrected chi connectivity index (χ2v) is 4.08. The van der Waals surface area contributed by atoms with Crippen molar-refractivity contribution in [2.45, 2.75) is 12.8 Å². The maximum atomic E-state index is 5.98. The number of rotatable bonds is 3. The third-order valence-corrected chi connectivity index (χ3v) is 2.80. The first-order valence-corrected chi connectivity index (χ1v) is 5.67. The summed E-state index contributed by atoms with van der Waals surface area (Å²) in [6.07, 6.45) is 2.39. The van der Waals surface area contributed by atoms with Crippen molar-refractivity contribution in [1.29, 1.82) is 0 Å². The van der Waals surface area contributed by atoms with Gasteiger partial charge in [-0.2, -0.15) is 0 Å². The highest BCUT2D eigenvalue weighted by Gasteiger charge is 2.08. The monoisotopic (exact) mass is 239 g/mol. The van der Waals surface area contributed by atoms with Crippen LogP contribution in [0.2, 0.25) is 5.02 Å². The predicted octanol–water partition coefficient (Wildman–Crippen LogP) is 3.44. The molecule has 1 fully saturated rings. The molecule has 2 rings (SSSR count). The van der Waals surface area contributed by atoms with Gasteiger partial charge in [0.05, 0.1) is 17.8 Å². The number of methoxy groups -OCH3 is 1. The Kier molecular flexibility index (Phi) is 3.62. The molecule has 0 spiro atoms. The first-order valence-electron chi connectivity index (χ1n) is 5.30. The number of hydrogen-bond donors (Lipinski definition) is 0. The van der Waals surface area contributed by atoms with Crippen LogP contribution in [0.3, 0.4) is 0 Å². The van der Waals surface area contributed by atoms with Gasteiger partial charge in [0, 0.05) is 13.1 Å². The highest BCUT2D eigenvalue weighted by molar-refractivity contribution is 6.32. The lowest BCUT2D eigenvalue weighted by Gasteiger charge is -2.07. The van der Waals surface area contributed by atoms with Crippen molar-refractivity contribution < 1.29 is 4.74 Å². The zero-order valence-corrected chi connectivity index (χ0v) is 9.94. The van der Waals surface area contributed by atoms with Gasteiger partial charge in [-0.25, -0.2) is 0 Å². The summed E-state index contributed by atoms with van der Waals surface area (Å²) in [5.41, 5.74) is 0.748. The lowest BCUT2D eigenvalue weighted by Crippen LogP contribution is -2.09. The van der Waals surface area contributed by atoms with Crippen molar-refractivity contribution in [2.24, 2.45) is 10.3 Å². The van der Waals surface area contributed by atoms with Crippen molar-refractivity contribution in [1.82, 2.24) is 5.01 Å². The van der Waals surface area contributed by atoms with Crippen LogP contribution in [0.25, 0.3) is 0 Å². The SMILES string of the molecule is COc1ccc(N=NN2CCCC2)cc1Cl. The van der Waals surface area contributed by atoms with Crippen LogP contribution in [0.4, 0.5) is 5.69 Å². The van der Waals surface area contributed by atoms with Crippen LogP contribution >= 0.6 is 11.6 Å². The maximum Gasteiger partial charge on any atom is 0.137 e. The van der Waals surface area contributed by atoms with E-state index < -0.39 is 0 Å². The molecule has 0 N–H and O–H groups in total. The minimum Gasteiger partial charge on any atom is -0.495 e. The molecular weight excluding hydrogens is 226 g/mol. The van der Waals surface area contributed by atoms with Crippen molar-refractivity contribution >= 4 is 17.3 Å². The van der Waals surface area contributed by atoms with Gasteiger partial charge in [0.2, 0.25) is 0 Å². The van der Waals surface area contributed by atoms with Crippen LogP contribution in [0.1, 0.15) is 12.8 Å². The summed E-state index contributed by atoms with van der Waals surface area (Å²) >= 11 is 5.98. The molecule has 4 nitrogen and oxygen atoms in total. The predicted molar refractivity (Wildman–Crippen MR) is 63.3 cm³/mol. The largest absolute Gasteiger partial charge is 0.495 e. The summed E-state index contributed by atoms with van der Waals surface area (Å²) in [4.78, 5) is 0. The molecule has 0 saturated carbocycles. The normalized spacial score (nSPS) is 16.0. The second kappa shape index (κ2) is 5.16. The lowest BCUT2D eigenvalue weighted by molar-refractivity contribution is 0.336. The van der Waals surface area contributed by atoms with E-state index in [0.29, 0.717) is 10.8 Å². The third-order valence-electron chi connectivity index (χ3n) is 2.50. The lowest BCUT2D eigenvalue weighted by atomic mass is 10.3. The van der Waals surface area contributed by atoms with E-state index in [0.717, 1.165) is 18.8 Å². The Morgan fingerprint density at radius 1 is 1.31 bits per heavy atom. The number of ether oxygens (including phenoxy) is 1. The second-order valence-electron chi connectivity index (χ2n) is 3.67. The molecule has 1 saturated heterocycles. The standard InChI is InChI=1S/C11H14ClN3O/c1-16-11-5-4-9(8-10(11)12)13-14-15-6-2-3-7-15/h4-5,8H,2-3,6-7H2,1H3. The summed E-state index contributed by atoms with van der Waals surface area (Å²) < 4.78 is 5.06. The summed E-state index contributed by atoms with van der Waals surface area (Å²) in [5, 5.41) is 10.8. The molecule has 1 aliphatic rings. The minimum atomic E-state index is 0.556. The van der Waals surface area contributed by atoms with Crippen LogP contribution in [-0.4, -0.2) is 25.2 Å². The topological polar surface area (TPSA) is 37.2 Å². The Hall–Kier alpha value is -1.29. The molecule has 0 radical (unpaired) electrons. The number of halogens is 1. The Morgan fingerprint density at radius 2 is 2.06 bits per heavy atom. The molecule has 86 valence electrons. The summed E-state index contributed by atoms with van der Waals surface area (Å²) in [6, 6.07) is 5.38. The van der Waals surface area contributed by atoms with E-state index in [1.807, 2.05) is 11.1 Å². The molecule has 5 heteroatoms. The molecule has 0 unspecified atom stereocenters. The van der Waals surface area contributed by atoms with Crippen LogP contribution in [0.15, 0.2) is 28.5 Å². The summed E-state index contributed by atoms with van der Waals surface area (Å²) in [5.74, 6) is 0.654. The quantitative estimate of drug-likeness (QED) is 0.758. The van der Waals surface area contributed by atoms with E-state index in [-0.39, 0.29) is 0 Å². The fraction of sp³-hybridized carbons (Fsp3) is 0.455. The van der Waals surface area contributed by atoms with Gasteiger partial charge < -0.3 is 4.74 Å². The maximum absolute atomic E-state index is 5.98. The number of benzene rings is 1. The van der Waals surface area contributed by atoms with E-state index in [9.17, 15) is 0 Å². The van der Waals surface area contributed by atoms with Gasteiger partial charge in [-0.05, 0) is 31.0 Å². The Balaban J connectivity index is 2.06. The molecule has 1 heterocycles. The van der Waals surface area contributed by atoms with Crippen LogP contribution < -0.4 is 4.74 Å². The van der Waals surface area contributed by atoms with Gasteiger partial charge in [0.1, 0.15) is 5.75 Å². The third kappa shape index (κ3) is 2.64. The van der Waals surface area contributed by atoms with E-state index in [1.54, 1.807) is 19.2 Å². The highest BCUT2D eigenvalue weighted by atomic mass is 35.5.